The number of carbonyl (C=O) groups excluding carboxylic acids is 3. The number of barbiturate groups is 1. The van der Waals surface area contributed by atoms with Gasteiger partial charge in [0, 0.05) is 15.1 Å². The van der Waals surface area contributed by atoms with Crippen molar-refractivity contribution in [1.82, 2.24) is 5.32 Å². The van der Waals surface area contributed by atoms with E-state index >= 15 is 0 Å². The van der Waals surface area contributed by atoms with E-state index in [1.165, 1.54) is 24.3 Å². The van der Waals surface area contributed by atoms with Gasteiger partial charge in [0.25, 0.3) is 11.8 Å². The quantitative estimate of drug-likeness (QED) is 0.503. The molecule has 0 aliphatic carbocycles. The number of carbonyl (C=O) groups is 3. The number of phenolic OH excluding ortho intramolecular Hbond substituents is 1. The molecule has 0 atom stereocenters. The normalized spacial score (nSPS) is 16.1. The predicted octanol–water partition coefficient (Wildman–Crippen LogP) is 4.44. The number of anilines is 1. The molecule has 1 aliphatic heterocycles. The third-order valence-electron chi connectivity index (χ3n) is 3.87. The van der Waals surface area contributed by atoms with E-state index in [0.717, 1.165) is 10.5 Å². The summed E-state index contributed by atoms with van der Waals surface area (Å²) in [6.07, 6.45) is 1.17. The number of aryl methyl sites for hydroxylation is 1. The third-order valence-corrected chi connectivity index (χ3v) is 5.03. The van der Waals surface area contributed by atoms with Crippen molar-refractivity contribution >= 4 is 68.7 Å². The second-order valence-corrected chi connectivity index (χ2v) is 7.45. The molecule has 0 saturated carbocycles. The summed E-state index contributed by atoms with van der Waals surface area (Å²) in [5.74, 6) is -2.02. The first-order chi connectivity index (χ1) is 12.7. The van der Waals surface area contributed by atoms with E-state index in [1.807, 2.05) is 0 Å². The van der Waals surface area contributed by atoms with Crippen molar-refractivity contribution < 1.29 is 19.5 Å². The lowest BCUT2D eigenvalue weighted by molar-refractivity contribution is -0.122. The molecule has 1 saturated heterocycles. The van der Waals surface area contributed by atoms with Crippen LogP contribution in [0.2, 0.25) is 10.0 Å². The largest absolute Gasteiger partial charge is 0.506 e. The average Bonchev–Trinajstić information content (AvgIpc) is 2.58. The summed E-state index contributed by atoms with van der Waals surface area (Å²) in [6.45, 7) is 1.78. The molecule has 0 bridgehead atoms. The Balaban J connectivity index is 2.09. The molecule has 1 aliphatic rings. The maximum Gasteiger partial charge on any atom is 0.335 e. The molecule has 1 heterocycles. The van der Waals surface area contributed by atoms with Gasteiger partial charge >= 0.3 is 6.03 Å². The lowest BCUT2D eigenvalue weighted by Gasteiger charge is -2.26. The van der Waals surface area contributed by atoms with E-state index in [0.29, 0.717) is 9.50 Å². The van der Waals surface area contributed by atoms with Crippen LogP contribution < -0.4 is 10.2 Å². The number of hydrogen-bond acceptors (Lipinski definition) is 4. The summed E-state index contributed by atoms with van der Waals surface area (Å²) in [4.78, 5) is 38.0. The van der Waals surface area contributed by atoms with E-state index in [9.17, 15) is 19.5 Å². The minimum atomic E-state index is -0.890. The summed E-state index contributed by atoms with van der Waals surface area (Å²) in [5.41, 5.74) is 0.786. The van der Waals surface area contributed by atoms with Crippen molar-refractivity contribution in [3.63, 3.8) is 0 Å². The number of aromatic hydroxyl groups is 1. The van der Waals surface area contributed by atoms with Crippen molar-refractivity contribution in [1.29, 1.82) is 0 Å². The summed E-state index contributed by atoms with van der Waals surface area (Å²) in [6, 6.07) is 6.70. The maximum atomic E-state index is 12.8. The van der Waals surface area contributed by atoms with Crippen molar-refractivity contribution in [2.45, 2.75) is 6.92 Å². The maximum absolute atomic E-state index is 12.8. The van der Waals surface area contributed by atoms with E-state index < -0.39 is 17.8 Å². The summed E-state index contributed by atoms with van der Waals surface area (Å²) in [5, 5.41) is 12.6. The highest BCUT2D eigenvalue weighted by molar-refractivity contribution is 9.10. The number of imide groups is 2. The Kier molecular flexibility index (Phi) is 5.28. The summed E-state index contributed by atoms with van der Waals surface area (Å²) in [7, 11) is 0. The van der Waals surface area contributed by atoms with E-state index in [2.05, 4.69) is 21.2 Å². The Bertz CT molecular complexity index is 1040. The third kappa shape index (κ3) is 3.71. The Morgan fingerprint density at radius 2 is 1.81 bits per heavy atom. The number of benzene rings is 2. The van der Waals surface area contributed by atoms with Crippen LogP contribution in [0, 0.1) is 6.92 Å². The van der Waals surface area contributed by atoms with Gasteiger partial charge in [0.05, 0.1) is 10.7 Å². The number of halogens is 3. The van der Waals surface area contributed by atoms with Crippen LogP contribution in [0.5, 0.6) is 5.75 Å². The van der Waals surface area contributed by atoms with Gasteiger partial charge in [0.2, 0.25) is 0 Å². The second-order valence-electron chi connectivity index (χ2n) is 5.72. The van der Waals surface area contributed by atoms with Gasteiger partial charge in [0.15, 0.2) is 0 Å². The molecule has 0 radical (unpaired) electrons. The number of nitrogens with one attached hydrogen (secondary N) is 1. The van der Waals surface area contributed by atoms with Crippen molar-refractivity contribution in [3.05, 3.63) is 61.5 Å². The van der Waals surface area contributed by atoms with Crippen LogP contribution in [0.4, 0.5) is 10.5 Å². The SMILES string of the molecule is Cc1ccc(N2C(=O)NC(=O)/C(=C\c3cc(Br)cc(Cl)c3O)C2=O)cc1Cl. The number of amides is 4. The second kappa shape index (κ2) is 7.34. The highest BCUT2D eigenvalue weighted by atomic mass is 79.9. The highest BCUT2D eigenvalue weighted by Gasteiger charge is 2.37. The molecule has 0 spiro atoms. The predicted molar refractivity (Wildman–Crippen MR) is 106 cm³/mol. The molecule has 6 nitrogen and oxygen atoms in total. The first-order valence-corrected chi connectivity index (χ1v) is 9.09. The van der Waals surface area contributed by atoms with Crippen LogP contribution in [-0.2, 0) is 9.59 Å². The summed E-state index contributed by atoms with van der Waals surface area (Å²) >= 11 is 15.2. The van der Waals surface area contributed by atoms with Crippen LogP contribution in [0.1, 0.15) is 11.1 Å². The standard InChI is InChI=1S/C18H11BrCl2N2O4/c1-8-2-3-11(7-13(8)20)23-17(26)12(16(25)22-18(23)27)5-9-4-10(19)6-14(21)15(9)24/h2-7,24H,1H3,(H,22,25,27)/b12-5+. The number of hydrogen-bond donors (Lipinski definition) is 2. The molecule has 0 aromatic heterocycles. The zero-order valence-corrected chi connectivity index (χ0v) is 16.8. The van der Waals surface area contributed by atoms with Crippen LogP contribution in [-0.4, -0.2) is 23.0 Å². The average molecular weight is 470 g/mol. The Morgan fingerprint density at radius 1 is 1.11 bits per heavy atom. The molecule has 1 fully saturated rings. The molecular formula is C18H11BrCl2N2O4. The molecule has 2 aromatic rings. The zero-order chi connectivity index (χ0) is 19.9. The van der Waals surface area contributed by atoms with Gasteiger partial charge in [-0.15, -0.1) is 0 Å². The van der Waals surface area contributed by atoms with Gasteiger partial charge in [-0.3, -0.25) is 14.9 Å². The van der Waals surface area contributed by atoms with Crippen molar-refractivity contribution in [2.75, 3.05) is 4.90 Å². The molecule has 3 rings (SSSR count). The van der Waals surface area contributed by atoms with Gasteiger partial charge in [-0.25, -0.2) is 9.69 Å². The number of urea groups is 1. The Morgan fingerprint density at radius 3 is 2.48 bits per heavy atom. The number of nitrogens with zero attached hydrogens (tertiary/aromatic N) is 1. The Hall–Kier alpha value is -2.35. The monoisotopic (exact) mass is 468 g/mol. The minimum absolute atomic E-state index is 0.0399. The highest BCUT2D eigenvalue weighted by Crippen LogP contribution is 2.34. The molecule has 9 heteroatoms. The fourth-order valence-corrected chi connectivity index (χ4v) is 3.47. The fraction of sp³-hybridized carbons (Fsp3) is 0.0556. The molecular weight excluding hydrogens is 459 g/mol. The minimum Gasteiger partial charge on any atom is -0.506 e. The molecule has 138 valence electrons. The van der Waals surface area contributed by atoms with Crippen molar-refractivity contribution in [3.8, 4) is 5.75 Å². The fourth-order valence-electron chi connectivity index (χ4n) is 2.46. The van der Waals surface area contributed by atoms with Gasteiger partial charge in [-0.05, 0) is 42.8 Å². The topological polar surface area (TPSA) is 86.7 Å². The first kappa shape index (κ1) is 19.4. The van der Waals surface area contributed by atoms with Crippen LogP contribution in [0.3, 0.4) is 0 Å². The molecule has 2 aromatic carbocycles. The van der Waals surface area contributed by atoms with E-state index in [1.54, 1.807) is 19.1 Å². The lowest BCUT2D eigenvalue weighted by Crippen LogP contribution is -2.54. The van der Waals surface area contributed by atoms with Crippen molar-refractivity contribution in [2.24, 2.45) is 0 Å². The van der Waals surface area contributed by atoms with E-state index in [4.69, 9.17) is 23.2 Å². The molecule has 0 unspecified atom stereocenters. The van der Waals surface area contributed by atoms with Gasteiger partial charge in [-0.1, -0.05) is 45.2 Å². The summed E-state index contributed by atoms with van der Waals surface area (Å²) < 4.78 is 0.541. The molecule has 2 N–H and O–H groups in total. The molecule has 27 heavy (non-hydrogen) atoms. The zero-order valence-electron chi connectivity index (χ0n) is 13.7. The van der Waals surface area contributed by atoms with Gasteiger partial charge in [-0.2, -0.15) is 0 Å². The van der Waals surface area contributed by atoms with Crippen LogP contribution in [0.25, 0.3) is 6.08 Å². The van der Waals surface area contributed by atoms with Gasteiger partial charge in [0.1, 0.15) is 11.3 Å². The number of phenols is 1. The Labute approximate surface area is 172 Å². The number of rotatable bonds is 2. The van der Waals surface area contributed by atoms with Crippen LogP contribution >= 0.6 is 39.1 Å². The first-order valence-electron chi connectivity index (χ1n) is 7.54. The van der Waals surface area contributed by atoms with E-state index in [-0.39, 0.29) is 27.6 Å². The lowest BCUT2D eigenvalue weighted by atomic mass is 10.1. The molecule has 4 amide bonds. The van der Waals surface area contributed by atoms with Gasteiger partial charge < -0.3 is 5.11 Å². The van der Waals surface area contributed by atoms with Crippen LogP contribution in [0.15, 0.2) is 40.4 Å². The smallest absolute Gasteiger partial charge is 0.335 e.